The van der Waals surface area contributed by atoms with Crippen LogP contribution in [0.15, 0.2) is 41.1 Å². The molecule has 40 heavy (non-hydrogen) atoms. The maximum atomic E-state index is 13.4. The van der Waals surface area contributed by atoms with Gasteiger partial charge in [0.2, 0.25) is 5.91 Å². The van der Waals surface area contributed by atoms with Gasteiger partial charge in [0.25, 0.3) is 5.91 Å². The van der Waals surface area contributed by atoms with Crippen LogP contribution >= 0.6 is 0 Å². The third-order valence-corrected chi connectivity index (χ3v) is 8.74. The Morgan fingerprint density at radius 1 is 1.10 bits per heavy atom. The number of aliphatic hydroxyl groups is 3. The summed E-state index contributed by atoms with van der Waals surface area (Å²) < 4.78 is 5.43. The third-order valence-electron chi connectivity index (χ3n) is 8.74. The summed E-state index contributed by atoms with van der Waals surface area (Å²) in [7, 11) is 0. The van der Waals surface area contributed by atoms with Crippen molar-refractivity contribution in [3.8, 4) is 0 Å². The molecule has 1 aliphatic heterocycles. The number of carbonyl (C=O) groups excluding carboxylic acids is 2. The first-order valence-corrected chi connectivity index (χ1v) is 14.5. The van der Waals surface area contributed by atoms with Crippen molar-refractivity contribution in [3.05, 3.63) is 48.0 Å². The molecule has 0 bridgehead atoms. The van der Waals surface area contributed by atoms with Crippen LogP contribution in [0.1, 0.15) is 73.9 Å². The van der Waals surface area contributed by atoms with Crippen LogP contribution < -0.4 is 10.2 Å². The van der Waals surface area contributed by atoms with E-state index in [9.17, 15) is 24.9 Å². The lowest BCUT2D eigenvalue weighted by atomic mass is 9.69. The highest BCUT2D eigenvalue weighted by atomic mass is 16.3. The molecule has 0 atom stereocenters. The van der Waals surface area contributed by atoms with E-state index in [-0.39, 0.29) is 23.3 Å². The molecule has 4 rings (SSSR count). The first kappa shape index (κ1) is 30.2. The Balaban J connectivity index is 1.38. The number of aliphatic hydroxyl groups excluding tert-OH is 3. The van der Waals surface area contributed by atoms with Crippen LogP contribution in [0, 0.1) is 12.3 Å². The topological polar surface area (TPSA) is 139 Å². The van der Waals surface area contributed by atoms with E-state index in [0.717, 1.165) is 76.6 Å². The SMILES string of the molecule is Cc1ccc(N(C(=O)c2ccco2)C2CCN(CCC3(CC(=O)NC(CO)(CO)CO)CCCCC3)CC2)nc1. The minimum atomic E-state index is -1.40. The van der Waals surface area contributed by atoms with Crippen LogP contribution in [0.25, 0.3) is 0 Å². The number of rotatable bonds is 12. The third kappa shape index (κ3) is 7.28. The number of nitrogens with one attached hydrogen (secondary N) is 1. The zero-order valence-corrected chi connectivity index (χ0v) is 23.6. The molecule has 10 heteroatoms. The second-order valence-electron chi connectivity index (χ2n) is 11.7. The van der Waals surface area contributed by atoms with Gasteiger partial charge < -0.3 is 30.0 Å². The van der Waals surface area contributed by atoms with Gasteiger partial charge in [-0.05, 0) is 74.8 Å². The Hall–Kier alpha value is -2.79. The van der Waals surface area contributed by atoms with Gasteiger partial charge in [-0.25, -0.2) is 4.98 Å². The Labute approximate surface area is 236 Å². The van der Waals surface area contributed by atoms with E-state index in [1.807, 2.05) is 19.1 Å². The number of pyridine rings is 1. The second kappa shape index (κ2) is 13.7. The number of aromatic nitrogens is 1. The molecule has 2 aromatic heterocycles. The van der Waals surface area contributed by atoms with Gasteiger partial charge in [-0.1, -0.05) is 25.3 Å². The molecule has 1 saturated carbocycles. The molecule has 1 saturated heterocycles. The smallest absolute Gasteiger partial charge is 0.295 e. The van der Waals surface area contributed by atoms with Crippen LogP contribution in [-0.4, -0.2) is 88.1 Å². The van der Waals surface area contributed by atoms with Gasteiger partial charge in [-0.15, -0.1) is 0 Å². The molecule has 0 unspecified atom stereocenters. The van der Waals surface area contributed by atoms with E-state index in [2.05, 4.69) is 15.2 Å². The van der Waals surface area contributed by atoms with Crippen LogP contribution in [0.2, 0.25) is 0 Å². The number of piperidine rings is 1. The lowest BCUT2D eigenvalue weighted by Crippen LogP contribution is -2.57. The molecule has 1 aliphatic carbocycles. The van der Waals surface area contributed by atoms with E-state index in [1.54, 1.807) is 23.2 Å². The Morgan fingerprint density at radius 2 is 1.80 bits per heavy atom. The lowest BCUT2D eigenvalue weighted by molar-refractivity contribution is -0.128. The molecule has 3 heterocycles. The van der Waals surface area contributed by atoms with Gasteiger partial charge in [-0.2, -0.15) is 0 Å². The van der Waals surface area contributed by atoms with Gasteiger partial charge in [0.05, 0.1) is 26.1 Å². The van der Waals surface area contributed by atoms with E-state index in [1.165, 1.54) is 6.26 Å². The van der Waals surface area contributed by atoms with E-state index in [4.69, 9.17) is 4.42 Å². The van der Waals surface area contributed by atoms with Crippen molar-refractivity contribution in [1.29, 1.82) is 0 Å². The van der Waals surface area contributed by atoms with E-state index < -0.39 is 25.4 Å². The minimum Gasteiger partial charge on any atom is -0.459 e. The summed E-state index contributed by atoms with van der Waals surface area (Å²) in [4.78, 5) is 35.1. The van der Waals surface area contributed by atoms with Crippen LogP contribution in [0.3, 0.4) is 0 Å². The largest absolute Gasteiger partial charge is 0.459 e. The average molecular weight is 557 g/mol. The van der Waals surface area contributed by atoms with Crippen molar-refractivity contribution >= 4 is 17.6 Å². The quantitative estimate of drug-likeness (QED) is 0.313. The first-order valence-electron chi connectivity index (χ1n) is 14.5. The summed E-state index contributed by atoms with van der Waals surface area (Å²) >= 11 is 0. The highest BCUT2D eigenvalue weighted by Crippen LogP contribution is 2.43. The predicted molar refractivity (Wildman–Crippen MR) is 151 cm³/mol. The summed E-state index contributed by atoms with van der Waals surface area (Å²) in [6.45, 7) is 2.94. The van der Waals surface area contributed by atoms with Crippen molar-refractivity contribution < 1.29 is 29.3 Å². The molecule has 220 valence electrons. The number of carbonyl (C=O) groups is 2. The highest BCUT2D eigenvalue weighted by molar-refractivity contribution is 6.04. The first-order chi connectivity index (χ1) is 19.3. The molecule has 0 spiro atoms. The maximum Gasteiger partial charge on any atom is 0.295 e. The molecule has 2 amide bonds. The van der Waals surface area contributed by atoms with Gasteiger partial charge in [0.1, 0.15) is 11.4 Å². The zero-order valence-electron chi connectivity index (χ0n) is 23.6. The summed E-state index contributed by atoms with van der Waals surface area (Å²) in [6, 6.07) is 7.26. The predicted octanol–water partition coefficient (Wildman–Crippen LogP) is 2.66. The normalized spacial score (nSPS) is 18.4. The van der Waals surface area contributed by atoms with Crippen molar-refractivity contribution in [1.82, 2.24) is 15.2 Å². The number of anilines is 1. The molecule has 2 fully saturated rings. The number of hydrogen-bond donors (Lipinski definition) is 4. The molecule has 0 aromatic carbocycles. The van der Waals surface area contributed by atoms with Crippen molar-refractivity contribution in [3.63, 3.8) is 0 Å². The van der Waals surface area contributed by atoms with E-state index in [0.29, 0.717) is 18.0 Å². The number of furan rings is 1. The number of likely N-dealkylation sites (tertiary alicyclic amines) is 1. The molecule has 10 nitrogen and oxygen atoms in total. The molecule has 2 aliphatic rings. The van der Waals surface area contributed by atoms with Gasteiger partial charge >= 0.3 is 0 Å². The summed E-state index contributed by atoms with van der Waals surface area (Å²) in [5, 5.41) is 31.6. The van der Waals surface area contributed by atoms with Crippen molar-refractivity contribution in [2.75, 3.05) is 44.4 Å². The summed E-state index contributed by atoms with van der Waals surface area (Å²) in [5.74, 6) is 0.504. The number of amides is 2. The maximum absolute atomic E-state index is 13.4. The highest BCUT2D eigenvalue weighted by Gasteiger charge is 2.38. The monoisotopic (exact) mass is 556 g/mol. The Kier molecular flexibility index (Phi) is 10.3. The number of nitrogens with zero attached hydrogens (tertiary/aromatic N) is 3. The lowest BCUT2D eigenvalue weighted by Gasteiger charge is -2.42. The van der Waals surface area contributed by atoms with E-state index >= 15 is 0 Å². The molecule has 0 radical (unpaired) electrons. The van der Waals surface area contributed by atoms with Crippen LogP contribution in [-0.2, 0) is 4.79 Å². The Bertz CT molecular complexity index is 1060. The molecule has 4 N–H and O–H groups in total. The molecular weight excluding hydrogens is 512 g/mol. The molecule has 2 aromatic rings. The standard InChI is InChI=1S/C30H44N4O6/c1-23-7-8-26(31-19-23)34(28(39)25-6-5-17-40-25)24-9-14-33(15-10-24)16-13-29(11-3-2-4-12-29)18-27(38)32-30(20-35,21-36)22-37/h5-8,17,19,24,35-37H,2-4,9-16,18,20-22H2,1H3,(H,32,38). The number of aryl methyl sites for hydroxylation is 1. The van der Waals surface area contributed by atoms with Gasteiger partial charge in [-0.3, -0.25) is 14.5 Å². The fourth-order valence-corrected chi connectivity index (χ4v) is 6.14. The van der Waals surface area contributed by atoms with Gasteiger partial charge in [0, 0.05) is 31.7 Å². The second-order valence-corrected chi connectivity index (χ2v) is 11.7. The van der Waals surface area contributed by atoms with Crippen LogP contribution in [0.4, 0.5) is 5.82 Å². The summed E-state index contributed by atoms with van der Waals surface area (Å²) in [6.07, 6.45) is 11.3. The summed E-state index contributed by atoms with van der Waals surface area (Å²) in [5.41, 5.74) is -0.512. The Morgan fingerprint density at radius 3 is 2.38 bits per heavy atom. The van der Waals surface area contributed by atoms with Crippen molar-refractivity contribution in [2.45, 2.75) is 76.3 Å². The zero-order chi connectivity index (χ0) is 28.6. The van der Waals surface area contributed by atoms with Crippen molar-refractivity contribution in [2.24, 2.45) is 5.41 Å². The fraction of sp³-hybridized carbons (Fsp3) is 0.633. The van der Waals surface area contributed by atoms with Gasteiger partial charge in [0.15, 0.2) is 5.76 Å². The van der Waals surface area contributed by atoms with Crippen LogP contribution in [0.5, 0.6) is 0 Å². The average Bonchev–Trinajstić information content (AvgIpc) is 3.53. The minimum absolute atomic E-state index is 0.00189. The number of hydrogen-bond acceptors (Lipinski definition) is 8. The fourth-order valence-electron chi connectivity index (χ4n) is 6.14. The molecular formula is C30H44N4O6.